The summed E-state index contributed by atoms with van der Waals surface area (Å²) in [6, 6.07) is 20.8. The van der Waals surface area contributed by atoms with Crippen molar-refractivity contribution in [1.82, 2.24) is 9.88 Å². The summed E-state index contributed by atoms with van der Waals surface area (Å²) in [5, 5.41) is 30.7. The second-order valence-corrected chi connectivity index (χ2v) is 13.4. The van der Waals surface area contributed by atoms with Crippen LogP contribution in [0.2, 0.25) is 0 Å². The number of carbonyl (C=O) groups excluding carboxylic acids is 1. The fourth-order valence-electron chi connectivity index (χ4n) is 6.96. The molecular weight excluding hydrogens is 676 g/mol. The fourth-order valence-corrected chi connectivity index (χ4v) is 8.57. The molecule has 6 rings (SSSR count). The number of sulfonamides is 1. The molecule has 15 heteroatoms. The van der Waals surface area contributed by atoms with E-state index in [1.165, 1.54) is 56.8 Å². The molecule has 1 aromatic heterocycles. The molecule has 1 saturated heterocycles. The average Bonchev–Trinajstić information content (AvgIpc) is 3.42. The van der Waals surface area contributed by atoms with Crippen molar-refractivity contribution in [1.29, 1.82) is 10.5 Å². The predicted molar refractivity (Wildman–Crippen MR) is 183 cm³/mol. The summed E-state index contributed by atoms with van der Waals surface area (Å²) in [6.07, 6.45) is 0.138. The Balaban J connectivity index is 1.70. The van der Waals surface area contributed by atoms with Crippen LogP contribution in [0.1, 0.15) is 29.2 Å². The van der Waals surface area contributed by atoms with Crippen molar-refractivity contribution in [3.63, 3.8) is 0 Å². The lowest BCUT2D eigenvalue weighted by Crippen LogP contribution is -2.66. The molecule has 14 nitrogen and oxygen atoms in total. The number of nitrogens with zero attached hydrogens (tertiary/aromatic N) is 6. The molecular formula is C36H32N6O8S. The summed E-state index contributed by atoms with van der Waals surface area (Å²) in [4.78, 5) is 35.7. The molecule has 3 aromatic carbocycles. The van der Waals surface area contributed by atoms with Gasteiger partial charge in [0.25, 0.3) is 15.9 Å². The minimum absolute atomic E-state index is 0.0781. The molecule has 2 aliphatic heterocycles. The highest BCUT2D eigenvalue weighted by atomic mass is 32.2. The van der Waals surface area contributed by atoms with Crippen LogP contribution in [0.4, 0.5) is 16.3 Å². The number of ether oxygens (including phenoxy) is 3. The van der Waals surface area contributed by atoms with Crippen molar-refractivity contribution >= 4 is 33.5 Å². The number of piperazine rings is 1. The number of hydrogen-bond acceptors (Lipinski definition) is 11. The van der Waals surface area contributed by atoms with Crippen LogP contribution in [0, 0.1) is 22.7 Å². The van der Waals surface area contributed by atoms with E-state index in [1.807, 2.05) is 0 Å². The van der Waals surface area contributed by atoms with E-state index in [4.69, 9.17) is 14.2 Å². The van der Waals surface area contributed by atoms with Gasteiger partial charge in [-0.1, -0.05) is 18.2 Å². The van der Waals surface area contributed by atoms with Crippen molar-refractivity contribution in [2.45, 2.75) is 23.3 Å². The summed E-state index contributed by atoms with van der Waals surface area (Å²) >= 11 is 0. The molecule has 260 valence electrons. The number of fused-ring (bicyclic) bond motifs is 1. The monoisotopic (exact) mass is 708 g/mol. The molecule has 1 N–H and O–H groups in total. The molecule has 1 fully saturated rings. The topological polar surface area (TPSA) is 186 Å². The Kier molecular flexibility index (Phi) is 9.16. The quantitative estimate of drug-likeness (QED) is 0.262. The predicted octanol–water partition coefficient (Wildman–Crippen LogP) is 4.13. The van der Waals surface area contributed by atoms with Gasteiger partial charge in [-0.05, 0) is 55.5 Å². The fraction of sp³-hybridized carbons (Fsp3) is 0.250. The lowest BCUT2D eigenvalue weighted by atomic mass is 9.67. The van der Waals surface area contributed by atoms with Crippen molar-refractivity contribution < 1.29 is 37.3 Å². The number of carboxylic acid groups (broad SMARTS) is 1. The van der Waals surface area contributed by atoms with E-state index in [0.29, 0.717) is 10.1 Å². The van der Waals surface area contributed by atoms with Crippen molar-refractivity contribution in [2.24, 2.45) is 0 Å². The number of benzene rings is 3. The van der Waals surface area contributed by atoms with Crippen molar-refractivity contribution in [2.75, 3.05) is 49.7 Å². The highest BCUT2D eigenvalue weighted by Crippen LogP contribution is 2.55. The summed E-state index contributed by atoms with van der Waals surface area (Å²) in [6.45, 7) is 1.68. The van der Waals surface area contributed by atoms with E-state index >= 15 is 4.79 Å². The Morgan fingerprint density at radius 1 is 0.980 bits per heavy atom. The molecule has 0 aliphatic carbocycles. The Labute approximate surface area is 294 Å². The van der Waals surface area contributed by atoms with Gasteiger partial charge < -0.3 is 29.1 Å². The number of anilines is 2. The van der Waals surface area contributed by atoms with E-state index in [0.717, 1.165) is 4.90 Å². The van der Waals surface area contributed by atoms with E-state index in [-0.39, 0.29) is 76.4 Å². The number of aromatic nitrogens is 1. The largest absolute Gasteiger partial charge is 0.497 e. The van der Waals surface area contributed by atoms with Crippen LogP contribution in [-0.2, 0) is 20.2 Å². The molecule has 0 spiro atoms. The smallest absolute Gasteiger partial charge is 0.407 e. The zero-order valence-corrected chi connectivity index (χ0v) is 28.6. The Hall–Kier alpha value is -6.32. The molecule has 3 heterocycles. The molecule has 2 aliphatic rings. The maximum Gasteiger partial charge on any atom is 0.407 e. The lowest BCUT2D eigenvalue weighted by Gasteiger charge is -2.48. The minimum atomic E-state index is -4.80. The van der Waals surface area contributed by atoms with Gasteiger partial charge >= 0.3 is 6.09 Å². The number of carbonyl (C=O) groups is 2. The van der Waals surface area contributed by atoms with Gasteiger partial charge in [-0.25, -0.2) is 22.5 Å². The molecule has 4 aromatic rings. The number of nitriles is 2. The van der Waals surface area contributed by atoms with Gasteiger partial charge in [0.1, 0.15) is 39.4 Å². The van der Waals surface area contributed by atoms with Crippen LogP contribution in [0.25, 0.3) is 0 Å². The van der Waals surface area contributed by atoms with Gasteiger partial charge in [0, 0.05) is 43.0 Å². The van der Waals surface area contributed by atoms with Gasteiger partial charge in [0.15, 0.2) is 0 Å². The Morgan fingerprint density at radius 3 is 2.45 bits per heavy atom. The average molecular weight is 709 g/mol. The van der Waals surface area contributed by atoms with Crippen LogP contribution >= 0.6 is 0 Å². The van der Waals surface area contributed by atoms with Gasteiger partial charge in [-0.2, -0.15) is 10.5 Å². The van der Waals surface area contributed by atoms with Gasteiger partial charge in [-0.15, -0.1) is 0 Å². The number of rotatable bonds is 9. The third kappa shape index (κ3) is 5.48. The summed E-state index contributed by atoms with van der Waals surface area (Å²) in [7, 11) is -2.11. The Bertz CT molecular complexity index is 2230. The SMILES string of the molecule is CCOc1ccccc1C1(C2CN(c3ncccc3C#N)CCN2C(=O)O)C(=O)N(S(=O)(=O)c2ccc(OC)cc2OC)c2ccc(C#N)cc21. The summed E-state index contributed by atoms with van der Waals surface area (Å²) in [5.41, 5.74) is -1.60. The number of pyridine rings is 1. The minimum Gasteiger partial charge on any atom is -0.497 e. The van der Waals surface area contributed by atoms with Crippen molar-refractivity contribution in [3.8, 4) is 29.4 Å². The number of hydrogen-bond donors (Lipinski definition) is 1. The zero-order chi connectivity index (χ0) is 36.5. The first-order valence-electron chi connectivity index (χ1n) is 15.8. The van der Waals surface area contributed by atoms with Gasteiger partial charge in [-0.3, -0.25) is 4.79 Å². The first kappa shape index (κ1) is 34.5. The number of amides is 2. The van der Waals surface area contributed by atoms with Crippen LogP contribution in [0.15, 0.2) is 83.9 Å². The Morgan fingerprint density at radius 2 is 1.76 bits per heavy atom. The second kappa shape index (κ2) is 13.5. The third-order valence-electron chi connectivity index (χ3n) is 9.12. The standard InChI is InChI=1S/C36H32N6O8S/c1-4-50-29-10-6-5-9-26(29)36(32-22-40(16-17-41(32)35(44)45)33-24(21-38)8-7-15-39-33)27-18-23(20-37)11-13-28(27)42(34(36)43)51(46,47)31-14-12-25(48-2)19-30(31)49-3/h5-15,18-19,32H,4,16-17,22H2,1-3H3,(H,44,45). The van der Waals surface area contributed by atoms with Gasteiger partial charge in [0.2, 0.25) is 0 Å². The van der Waals surface area contributed by atoms with E-state index in [9.17, 15) is 28.8 Å². The zero-order valence-electron chi connectivity index (χ0n) is 27.8. The van der Waals surface area contributed by atoms with Crippen LogP contribution in [-0.4, -0.2) is 81.9 Å². The first-order valence-corrected chi connectivity index (χ1v) is 17.2. The van der Waals surface area contributed by atoms with E-state index in [2.05, 4.69) is 17.1 Å². The van der Waals surface area contributed by atoms with Crippen LogP contribution < -0.4 is 23.4 Å². The van der Waals surface area contributed by atoms with E-state index in [1.54, 1.807) is 48.2 Å². The van der Waals surface area contributed by atoms with Crippen LogP contribution in [0.5, 0.6) is 17.2 Å². The molecule has 2 amide bonds. The van der Waals surface area contributed by atoms with Crippen LogP contribution in [0.3, 0.4) is 0 Å². The third-order valence-corrected chi connectivity index (χ3v) is 10.9. The van der Waals surface area contributed by atoms with E-state index < -0.39 is 33.5 Å². The molecule has 51 heavy (non-hydrogen) atoms. The first-order chi connectivity index (χ1) is 24.6. The molecule has 0 bridgehead atoms. The normalized spacial score (nSPS) is 18.4. The molecule has 2 unspecified atom stereocenters. The van der Waals surface area contributed by atoms with Crippen molar-refractivity contribution in [3.05, 3.63) is 101 Å². The van der Waals surface area contributed by atoms with Gasteiger partial charge in [0.05, 0.1) is 49.8 Å². The number of para-hydroxylation sites is 1. The lowest BCUT2D eigenvalue weighted by molar-refractivity contribution is -0.122. The second-order valence-electron chi connectivity index (χ2n) is 11.6. The molecule has 0 saturated carbocycles. The summed E-state index contributed by atoms with van der Waals surface area (Å²) in [5.74, 6) is -0.312. The summed E-state index contributed by atoms with van der Waals surface area (Å²) < 4.78 is 47.1. The highest BCUT2D eigenvalue weighted by Gasteiger charge is 2.64. The highest BCUT2D eigenvalue weighted by molar-refractivity contribution is 7.93. The molecule has 0 radical (unpaired) electrons. The maximum absolute atomic E-state index is 15.7. The molecule has 2 atom stereocenters. The number of methoxy groups -OCH3 is 2. The maximum atomic E-state index is 15.7.